The summed E-state index contributed by atoms with van der Waals surface area (Å²) < 4.78 is 7.57. The highest BCUT2D eigenvalue weighted by atomic mass is 35.5. The third-order valence-electron chi connectivity index (χ3n) is 2.99. The SMILES string of the molecule is CCCOc1c(Cl)cc(/C=N\n2c(C(C)C)n[nH]c2=S)cc1Cl. The zero-order valence-corrected chi connectivity index (χ0v) is 15.5. The molecule has 1 aromatic heterocycles. The first-order chi connectivity index (χ1) is 10.9. The Balaban J connectivity index is 2.31. The lowest BCUT2D eigenvalue weighted by Crippen LogP contribution is -2.01. The van der Waals surface area contributed by atoms with Crippen molar-refractivity contribution in [2.75, 3.05) is 6.61 Å². The van der Waals surface area contributed by atoms with Crippen LogP contribution < -0.4 is 4.74 Å². The Labute approximate surface area is 150 Å². The summed E-state index contributed by atoms with van der Waals surface area (Å²) in [4.78, 5) is 0. The van der Waals surface area contributed by atoms with Crippen LogP contribution in [0.5, 0.6) is 5.75 Å². The van der Waals surface area contributed by atoms with Gasteiger partial charge in [0.2, 0.25) is 4.77 Å². The van der Waals surface area contributed by atoms with Crippen LogP contribution in [0.25, 0.3) is 0 Å². The number of nitrogens with zero attached hydrogens (tertiary/aromatic N) is 3. The number of halogens is 2. The minimum atomic E-state index is 0.192. The van der Waals surface area contributed by atoms with Crippen LogP contribution in [0.1, 0.15) is 44.5 Å². The molecule has 2 rings (SSSR count). The topological polar surface area (TPSA) is 55.2 Å². The van der Waals surface area contributed by atoms with Crippen LogP contribution in [0.3, 0.4) is 0 Å². The highest BCUT2D eigenvalue weighted by Gasteiger charge is 2.11. The average Bonchev–Trinajstić information content (AvgIpc) is 2.85. The second-order valence-electron chi connectivity index (χ2n) is 5.26. The molecule has 5 nitrogen and oxygen atoms in total. The van der Waals surface area contributed by atoms with Crippen molar-refractivity contribution in [3.8, 4) is 5.75 Å². The molecule has 0 bridgehead atoms. The largest absolute Gasteiger partial charge is 0.490 e. The number of hydrogen-bond donors (Lipinski definition) is 1. The number of ether oxygens (including phenoxy) is 1. The van der Waals surface area contributed by atoms with Gasteiger partial charge in [0.25, 0.3) is 0 Å². The van der Waals surface area contributed by atoms with Gasteiger partial charge in [-0.1, -0.05) is 44.0 Å². The van der Waals surface area contributed by atoms with Crippen LogP contribution in [0, 0.1) is 4.77 Å². The summed E-state index contributed by atoms with van der Waals surface area (Å²) in [7, 11) is 0. The Morgan fingerprint density at radius 1 is 1.39 bits per heavy atom. The van der Waals surface area contributed by atoms with Crippen LogP contribution in [-0.4, -0.2) is 27.7 Å². The Morgan fingerprint density at radius 2 is 2.04 bits per heavy atom. The van der Waals surface area contributed by atoms with Gasteiger partial charge in [-0.15, -0.1) is 0 Å². The van der Waals surface area contributed by atoms with Crippen molar-refractivity contribution >= 4 is 41.6 Å². The molecule has 0 saturated heterocycles. The van der Waals surface area contributed by atoms with E-state index in [1.165, 1.54) is 0 Å². The van der Waals surface area contributed by atoms with Crippen LogP contribution in [0.2, 0.25) is 10.0 Å². The van der Waals surface area contributed by atoms with Crippen LogP contribution >= 0.6 is 35.4 Å². The predicted octanol–water partition coefficient (Wildman–Crippen LogP) is 5.04. The lowest BCUT2D eigenvalue weighted by Gasteiger charge is -2.09. The number of H-pyrrole nitrogens is 1. The van der Waals surface area contributed by atoms with Gasteiger partial charge in [0.15, 0.2) is 11.6 Å². The molecule has 0 spiro atoms. The van der Waals surface area contributed by atoms with E-state index in [0.717, 1.165) is 17.8 Å². The van der Waals surface area contributed by atoms with Crippen molar-refractivity contribution in [2.24, 2.45) is 5.10 Å². The van der Waals surface area contributed by atoms with Gasteiger partial charge in [0.05, 0.1) is 22.9 Å². The van der Waals surface area contributed by atoms with Gasteiger partial charge in [-0.25, -0.2) is 0 Å². The summed E-state index contributed by atoms with van der Waals surface area (Å²) >= 11 is 17.6. The third kappa shape index (κ3) is 4.34. The van der Waals surface area contributed by atoms with E-state index in [4.69, 9.17) is 40.2 Å². The summed E-state index contributed by atoms with van der Waals surface area (Å²) in [6, 6.07) is 3.50. The summed E-state index contributed by atoms with van der Waals surface area (Å²) in [5.74, 6) is 1.44. The Morgan fingerprint density at radius 3 is 2.61 bits per heavy atom. The maximum absolute atomic E-state index is 6.23. The number of nitrogens with one attached hydrogen (secondary N) is 1. The summed E-state index contributed by atoms with van der Waals surface area (Å²) in [5, 5.41) is 12.2. The molecule has 2 aromatic rings. The molecule has 0 aliphatic heterocycles. The molecule has 124 valence electrons. The molecule has 1 aromatic carbocycles. The van der Waals surface area contributed by atoms with Crippen LogP contribution in [0.15, 0.2) is 17.2 Å². The van der Waals surface area contributed by atoms with Crippen LogP contribution in [0.4, 0.5) is 0 Å². The van der Waals surface area contributed by atoms with E-state index in [9.17, 15) is 0 Å². The lowest BCUT2D eigenvalue weighted by atomic mass is 10.2. The molecule has 0 aliphatic carbocycles. The first kappa shape index (κ1) is 18.0. The Hall–Kier alpha value is -1.37. The monoisotopic (exact) mass is 372 g/mol. The Bertz CT molecular complexity index is 744. The number of aromatic amines is 1. The lowest BCUT2D eigenvalue weighted by molar-refractivity contribution is 0.318. The fourth-order valence-electron chi connectivity index (χ4n) is 1.91. The van der Waals surface area contributed by atoms with Gasteiger partial charge in [0, 0.05) is 5.92 Å². The fourth-order valence-corrected chi connectivity index (χ4v) is 2.71. The van der Waals surface area contributed by atoms with Gasteiger partial charge >= 0.3 is 0 Å². The average molecular weight is 373 g/mol. The third-order valence-corrected chi connectivity index (χ3v) is 3.81. The van der Waals surface area contributed by atoms with E-state index in [1.54, 1.807) is 23.0 Å². The smallest absolute Gasteiger partial charge is 0.216 e. The normalized spacial score (nSPS) is 11.6. The van der Waals surface area contributed by atoms with Crippen molar-refractivity contribution in [3.05, 3.63) is 38.3 Å². The van der Waals surface area contributed by atoms with Crippen molar-refractivity contribution in [2.45, 2.75) is 33.1 Å². The molecule has 0 unspecified atom stereocenters. The summed E-state index contributed by atoms with van der Waals surface area (Å²) in [5.41, 5.74) is 0.752. The van der Waals surface area contributed by atoms with Gasteiger partial charge in [-0.05, 0) is 36.3 Å². The quantitative estimate of drug-likeness (QED) is 0.570. The number of benzene rings is 1. The first-order valence-electron chi connectivity index (χ1n) is 7.27. The highest BCUT2D eigenvalue weighted by Crippen LogP contribution is 2.34. The Kier molecular flexibility index (Phi) is 6.21. The van der Waals surface area contributed by atoms with E-state index in [2.05, 4.69) is 15.3 Å². The standard InChI is InChI=1S/C15H18Cl2N4OS/c1-4-5-22-13-11(16)6-10(7-12(13)17)8-18-21-14(9(2)3)19-20-15(21)23/h6-9H,4-5H2,1-3H3,(H,20,23)/b18-8-. The summed E-state index contributed by atoms with van der Waals surface area (Å²) in [6.07, 6.45) is 2.52. The van der Waals surface area contributed by atoms with Crippen molar-refractivity contribution in [1.29, 1.82) is 0 Å². The molecule has 23 heavy (non-hydrogen) atoms. The van der Waals surface area contributed by atoms with Crippen molar-refractivity contribution < 1.29 is 4.74 Å². The molecular formula is C15H18Cl2N4OS. The second-order valence-corrected chi connectivity index (χ2v) is 6.46. The van der Waals surface area contributed by atoms with E-state index in [1.807, 2.05) is 20.8 Å². The van der Waals surface area contributed by atoms with E-state index < -0.39 is 0 Å². The number of aromatic nitrogens is 3. The molecule has 0 amide bonds. The van der Waals surface area contributed by atoms with E-state index in [0.29, 0.717) is 27.2 Å². The molecule has 1 N–H and O–H groups in total. The zero-order valence-electron chi connectivity index (χ0n) is 13.1. The van der Waals surface area contributed by atoms with Crippen molar-refractivity contribution in [3.63, 3.8) is 0 Å². The van der Waals surface area contributed by atoms with Crippen LogP contribution in [-0.2, 0) is 0 Å². The van der Waals surface area contributed by atoms with E-state index >= 15 is 0 Å². The van der Waals surface area contributed by atoms with Gasteiger partial charge in [-0.2, -0.15) is 14.9 Å². The van der Waals surface area contributed by atoms with Gasteiger partial charge in [0.1, 0.15) is 0 Å². The molecule has 0 saturated carbocycles. The molecule has 0 radical (unpaired) electrons. The van der Waals surface area contributed by atoms with Gasteiger partial charge in [-0.3, -0.25) is 5.10 Å². The summed E-state index contributed by atoms with van der Waals surface area (Å²) in [6.45, 7) is 6.62. The minimum absolute atomic E-state index is 0.192. The first-order valence-corrected chi connectivity index (χ1v) is 8.44. The second kappa shape index (κ2) is 7.95. The molecule has 0 aliphatic rings. The molecule has 8 heteroatoms. The number of hydrogen-bond acceptors (Lipinski definition) is 4. The molecular weight excluding hydrogens is 355 g/mol. The molecule has 0 fully saturated rings. The minimum Gasteiger partial charge on any atom is -0.490 e. The zero-order chi connectivity index (χ0) is 17.0. The van der Waals surface area contributed by atoms with Gasteiger partial charge < -0.3 is 4.74 Å². The van der Waals surface area contributed by atoms with E-state index in [-0.39, 0.29) is 5.92 Å². The van der Waals surface area contributed by atoms with Crippen molar-refractivity contribution in [1.82, 2.24) is 14.9 Å². The maximum Gasteiger partial charge on any atom is 0.216 e. The maximum atomic E-state index is 6.23. The molecule has 1 heterocycles. The highest BCUT2D eigenvalue weighted by molar-refractivity contribution is 7.71. The number of rotatable bonds is 6. The fraction of sp³-hybridized carbons (Fsp3) is 0.400. The predicted molar refractivity (Wildman–Crippen MR) is 96.7 cm³/mol. The molecule has 0 atom stereocenters.